The number of hydrogen-bond donors (Lipinski definition) is 5. The number of carbonyl (C=O) groups excluding carboxylic acids is 1. The van der Waals surface area contributed by atoms with Crippen LogP contribution in [0.5, 0.6) is 0 Å². The third-order valence-corrected chi connectivity index (χ3v) is 2.52. The van der Waals surface area contributed by atoms with Crippen molar-refractivity contribution in [2.24, 2.45) is 0 Å². The Bertz CT molecular complexity index is 246. The maximum atomic E-state index is 11.1. The first kappa shape index (κ1) is 13.3. The first-order valence-electron chi connectivity index (χ1n) is 5.11. The third-order valence-electron chi connectivity index (χ3n) is 2.52. The van der Waals surface area contributed by atoms with E-state index < -0.39 is 37.3 Å². The van der Waals surface area contributed by atoms with Crippen molar-refractivity contribution in [3.63, 3.8) is 0 Å². The van der Waals surface area contributed by atoms with E-state index in [2.05, 4.69) is 5.32 Å². The summed E-state index contributed by atoms with van der Waals surface area (Å²) < 4.78 is 5.06. The molecular weight excluding hydrogens is 218 g/mol. The summed E-state index contributed by atoms with van der Waals surface area (Å²) in [6, 6.07) is 0. The molecule has 7 nitrogen and oxygen atoms in total. The minimum absolute atomic E-state index is 0.203. The molecule has 0 aromatic carbocycles. The van der Waals surface area contributed by atoms with Gasteiger partial charge in [0.2, 0.25) is 5.91 Å². The monoisotopic (exact) mass is 235 g/mol. The normalized spacial score (nSPS) is 39.4. The van der Waals surface area contributed by atoms with Gasteiger partial charge in [-0.3, -0.25) is 4.79 Å². The van der Waals surface area contributed by atoms with Gasteiger partial charge >= 0.3 is 0 Å². The molecule has 0 aromatic heterocycles. The molecule has 1 aliphatic heterocycles. The number of aliphatic hydroxyl groups is 4. The molecule has 5 atom stereocenters. The lowest BCUT2D eigenvalue weighted by molar-refractivity contribution is -0.235. The highest BCUT2D eigenvalue weighted by Gasteiger charge is 2.43. The quantitative estimate of drug-likeness (QED) is 0.363. The Morgan fingerprint density at radius 2 is 1.88 bits per heavy atom. The molecule has 1 heterocycles. The van der Waals surface area contributed by atoms with Crippen LogP contribution in [-0.2, 0) is 9.53 Å². The summed E-state index contributed by atoms with van der Waals surface area (Å²) in [7, 11) is 0. The molecule has 7 heteroatoms. The first-order chi connectivity index (χ1) is 7.51. The van der Waals surface area contributed by atoms with Crippen LogP contribution >= 0.6 is 0 Å². The summed E-state index contributed by atoms with van der Waals surface area (Å²) >= 11 is 0. The fourth-order valence-corrected chi connectivity index (χ4v) is 1.48. The molecule has 0 saturated carbocycles. The van der Waals surface area contributed by atoms with E-state index >= 15 is 0 Å². The zero-order valence-corrected chi connectivity index (χ0v) is 8.91. The molecule has 1 rings (SSSR count). The largest absolute Gasteiger partial charge is 0.394 e. The van der Waals surface area contributed by atoms with E-state index in [9.17, 15) is 20.1 Å². The first-order valence-corrected chi connectivity index (χ1v) is 5.11. The predicted molar refractivity (Wildman–Crippen MR) is 52.2 cm³/mol. The molecule has 0 aliphatic carbocycles. The molecule has 1 fully saturated rings. The minimum atomic E-state index is -1.46. The highest BCUT2D eigenvalue weighted by molar-refractivity contribution is 5.75. The summed E-state index contributed by atoms with van der Waals surface area (Å²) in [6.07, 6.45) is -6.21. The van der Waals surface area contributed by atoms with Crippen LogP contribution in [0.4, 0.5) is 0 Å². The van der Waals surface area contributed by atoms with Crippen LogP contribution in [0.2, 0.25) is 0 Å². The topological polar surface area (TPSA) is 119 Å². The SMILES string of the molecule is CCC(=O)NC1O[C@H](CO)[C@@H](O)[C@H](O)[C@H]1O. The van der Waals surface area contributed by atoms with Gasteiger partial charge in [0.05, 0.1) is 6.61 Å². The van der Waals surface area contributed by atoms with Crippen molar-refractivity contribution >= 4 is 5.91 Å². The zero-order valence-electron chi connectivity index (χ0n) is 8.91. The van der Waals surface area contributed by atoms with Crippen LogP contribution in [0.15, 0.2) is 0 Å². The van der Waals surface area contributed by atoms with Gasteiger partial charge in [0.1, 0.15) is 24.4 Å². The van der Waals surface area contributed by atoms with Crippen LogP contribution in [0.1, 0.15) is 13.3 Å². The Morgan fingerprint density at radius 3 is 2.38 bits per heavy atom. The van der Waals surface area contributed by atoms with Crippen LogP contribution in [0, 0.1) is 0 Å². The second kappa shape index (κ2) is 5.55. The number of rotatable bonds is 3. The van der Waals surface area contributed by atoms with Gasteiger partial charge in [-0.1, -0.05) is 6.92 Å². The molecule has 0 radical (unpaired) electrons. The number of nitrogens with one attached hydrogen (secondary N) is 1. The van der Waals surface area contributed by atoms with Crippen LogP contribution in [0.3, 0.4) is 0 Å². The Morgan fingerprint density at radius 1 is 1.25 bits per heavy atom. The van der Waals surface area contributed by atoms with E-state index in [-0.39, 0.29) is 12.3 Å². The summed E-state index contributed by atoms with van der Waals surface area (Å²) in [6.45, 7) is 1.11. The molecule has 1 amide bonds. The lowest BCUT2D eigenvalue weighted by atomic mass is 9.98. The van der Waals surface area contributed by atoms with Gasteiger partial charge in [-0.15, -0.1) is 0 Å². The van der Waals surface area contributed by atoms with Gasteiger partial charge < -0.3 is 30.5 Å². The average Bonchev–Trinajstić information content (AvgIpc) is 2.29. The van der Waals surface area contributed by atoms with Crippen molar-refractivity contribution in [2.45, 2.75) is 44.0 Å². The lowest BCUT2D eigenvalue weighted by Crippen LogP contribution is -2.63. The summed E-state index contributed by atoms with van der Waals surface area (Å²) in [4.78, 5) is 11.1. The smallest absolute Gasteiger partial charge is 0.221 e. The number of ether oxygens (including phenoxy) is 1. The highest BCUT2D eigenvalue weighted by atomic mass is 16.6. The van der Waals surface area contributed by atoms with Crippen LogP contribution < -0.4 is 5.32 Å². The minimum Gasteiger partial charge on any atom is -0.394 e. The Labute approximate surface area is 92.7 Å². The van der Waals surface area contributed by atoms with Gasteiger partial charge in [-0.25, -0.2) is 0 Å². The molecule has 1 unspecified atom stereocenters. The van der Waals surface area contributed by atoms with Gasteiger partial charge in [-0.05, 0) is 0 Å². The summed E-state index contributed by atoms with van der Waals surface area (Å²) in [5.41, 5.74) is 0. The van der Waals surface area contributed by atoms with Crippen molar-refractivity contribution in [3.8, 4) is 0 Å². The molecule has 5 N–H and O–H groups in total. The van der Waals surface area contributed by atoms with Crippen molar-refractivity contribution in [3.05, 3.63) is 0 Å². The molecule has 0 aromatic rings. The van der Waals surface area contributed by atoms with E-state index in [1.807, 2.05) is 0 Å². The fraction of sp³-hybridized carbons (Fsp3) is 0.889. The second-order valence-corrected chi connectivity index (χ2v) is 3.67. The Balaban J connectivity index is 2.67. The lowest BCUT2D eigenvalue weighted by Gasteiger charge is -2.40. The van der Waals surface area contributed by atoms with Crippen molar-refractivity contribution < 1.29 is 30.0 Å². The van der Waals surface area contributed by atoms with Crippen LogP contribution in [0.25, 0.3) is 0 Å². The van der Waals surface area contributed by atoms with Crippen molar-refractivity contribution in [2.75, 3.05) is 6.61 Å². The van der Waals surface area contributed by atoms with Crippen LogP contribution in [-0.4, -0.2) is 63.6 Å². The van der Waals surface area contributed by atoms with E-state index in [1.54, 1.807) is 6.92 Å². The maximum absolute atomic E-state index is 11.1. The number of carbonyl (C=O) groups is 1. The van der Waals surface area contributed by atoms with E-state index in [0.717, 1.165) is 0 Å². The van der Waals surface area contributed by atoms with Crippen molar-refractivity contribution in [1.82, 2.24) is 5.32 Å². The second-order valence-electron chi connectivity index (χ2n) is 3.67. The molecule has 0 bridgehead atoms. The van der Waals surface area contributed by atoms with E-state index in [4.69, 9.17) is 9.84 Å². The maximum Gasteiger partial charge on any atom is 0.221 e. The standard InChI is InChI=1S/C9H17NO6/c1-2-5(12)10-9-8(15)7(14)6(13)4(3-11)16-9/h4,6-9,11,13-15H,2-3H2,1H3,(H,10,12)/t4-,6-,7+,8-,9?/m1/s1. The average molecular weight is 235 g/mol. The number of hydrogen-bond acceptors (Lipinski definition) is 6. The van der Waals surface area contributed by atoms with E-state index in [0.29, 0.717) is 0 Å². The van der Waals surface area contributed by atoms with Gasteiger partial charge in [0, 0.05) is 6.42 Å². The number of aliphatic hydroxyl groups excluding tert-OH is 4. The molecule has 1 saturated heterocycles. The Hall–Kier alpha value is -0.730. The molecular formula is C9H17NO6. The Kier molecular flexibility index (Phi) is 4.63. The predicted octanol–water partition coefficient (Wildman–Crippen LogP) is -2.69. The molecule has 1 aliphatic rings. The molecule has 16 heavy (non-hydrogen) atoms. The van der Waals surface area contributed by atoms with E-state index in [1.165, 1.54) is 0 Å². The fourth-order valence-electron chi connectivity index (χ4n) is 1.48. The highest BCUT2D eigenvalue weighted by Crippen LogP contribution is 2.19. The number of amides is 1. The zero-order chi connectivity index (χ0) is 12.3. The molecule has 0 spiro atoms. The van der Waals surface area contributed by atoms with Gasteiger partial charge in [0.25, 0.3) is 0 Å². The van der Waals surface area contributed by atoms with Crippen molar-refractivity contribution in [1.29, 1.82) is 0 Å². The molecule has 94 valence electrons. The van der Waals surface area contributed by atoms with Gasteiger partial charge in [0.15, 0.2) is 6.23 Å². The summed E-state index contributed by atoms with van der Waals surface area (Å²) in [5, 5.41) is 39.6. The summed E-state index contributed by atoms with van der Waals surface area (Å²) in [5.74, 6) is -0.357. The van der Waals surface area contributed by atoms with Gasteiger partial charge in [-0.2, -0.15) is 0 Å². The third kappa shape index (κ3) is 2.69.